The number of halogens is 1. The number of hydrogen-bond acceptors (Lipinski definition) is 3. The Bertz CT molecular complexity index is 89.8. The molecule has 0 fully saturated rings. The van der Waals surface area contributed by atoms with Crippen LogP contribution in [0.25, 0.3) is 0 Å². The molecule has 0 aliphatic rings. The quantitative estimate of drug-likeness (QED) is 0.453. The first-order valence-electron chi connectivity index (χ1n) is 3.22. The van der Waals surface area contributed by atoms with Crippen LogP contribution >= 0.6 is 11.6 Å². The summed E-state index contributed by atoms with van der Waals surface area (Å²) < 4.78 is 0. The maximum atomic E-state index is 8.96. The number of likely N-dealkylation sites (N-methyl/N-ethyl adjacent to an activating group) is 1. The summed E-state index contributed by atoms with van der Waals surface area (Å²) >= 11 is 5.71. The molecule has 0 rings (SSSR count). The Hall–Kier alpha value is 0.170. The number of alkyl halides is 1. The second kappa shape index (κ2) is 4.91. The number of rotatable bonds is 4. The zero-order chi connectivity index (χ0) is 8.15. The fraction of sp³-hybridized carbons (Fsp3) is 1.00. The average molecular weight is 168 g/mol. The van der Waals surface area contributed by atoms with Gasteiger partial charge in [-0.15, -0.1) is 11.6 Å². The first-order chi connectivity index (χ1) is 4.59. The molecule has 0 spiro atoms. The van der Waals surface area contributed by atoms with Gasteiger partial charge < -0.3 is 10.2 Å². The Morgan fingerprint density at radius 2 is 2.10 bits per heavy atom. The normalized spacial score (nSPS) is 17.4. The highest BCUT2D eigenvalue weighted by atomic mass is 35.5. The van der Waals surface area contributed by atoms with Crippen molar-refractivity contribution in [3.63, 3.8) is 0 Å². The molecule has 0 saturated heterocycles. The van der Waals surface area contributed by atoms with Crippen molar-refractivity contribution in [2.45, 2.75) is 18.5 Å². The van der Waals surface area contributed by atoms with Crippen molar-refractivity contribution < 1.29 is 10.2 Å². The van der Waals surface area contributed by atoms with Crippen LogP contribution in [0.4, 0.5) is 0 Å². The summed E-state index contributed by atoms with van der Waals surface area (Å²) in [6.07, 6.45) is -0.571. The van der Waals surface area contributed by atoms with Crippen LogP contribution < -0.4 is 0 Å². The van der Waals surface area contributed by atoms with Crippen molar-refractivity contribution in [1.82, 2.24) is 4.90 Å². The minimum Gasteiger partial charge on any atom is -0.395 e. The lowest BCUT2D eigenvalue weighted by molar-refractivity contribution is 0.107. The van der Waals surface area contributed by atoms with Gasteiger partial charge >= 0.3 is 0 Å². The van der Waals surface area contributed by atoms with Crippen molar-refractivity contribution in [3.05, 3.63) is 0 Å². The molecule has 2 atom stereocenters. The van der Waals surface area contributed by atoms with Crippen LogP contribution in [0.2, 0.25) is 0 Å². The van der Waals surface area contributed by atoms with Crippen molar-refractivity contribution in [2.24, 2.45) is 0 Å². The molecule has 4 heteroatoms. The van der Waals surface area contributed by atoms with E-state index < -0.39 is 11.6 Å². The van der Waals surface area contributed by atoms with E-state index in [1.54, 1.807) is 18.9 Å². The smallest absolute Gasteiger partial charge is 0.111 e. The molecular formula is C6H14ClNO2. The highest BCUT2D eigenvalue weighted by Gasteiger charge is 2.15. The van der Waals surface area contributed by atoms with Crippen LogP contribution in [0.3, 0.4) is 0 Å². The lowest BCUT2D eigenvalue weighted by Gasteiger charge is -2.23. The minimum atomic E-state index is -0.571. The van der Waals surface area contributed by atoms with Crippen molar-refractivity contribution in [3.8, 4) is 0 Å². The minimum absolute atomic E-state index is 0.0619. The second-order valence-electron chi connectivity index (χ2n) is 2.32. The van der Waals surface area contributed by atoms with E-state index in [0.29, 0.717) is 6.54 Å². The summed E-state index contributed by atoms with van der Waals surface area (Å²) in [4.78, 5) is 1.69. The van der Waals surface area contributed by atoms with Gasteiger partial charge in [0, 0.05) is 6.54 Å². The van der Waals surface area contributed by atoms with Crippen LogP contribution in [0.5, 0.6) is 0 Å². The fourth-order valence-corrected chi connectivity index (χ4v) is 0.747. The van der Waals surface area contributed by atoms with Crippen LogP contribution in [0, 0.1) is 0 Å². The highest BCUT2D eigenvalue weighted by molar-refractivity contribution is 6.20. The van der Waals surface area contributed by atoms with Gasteiger partial charge in [-0.05, 0) is 14.0 Å². The van der Waals surface area contributed by atoms with Gasteiger partial charge in [-0.3, -0.25) is 4.90 Å². The molecule has 0 aromatic rings. The SMILES string of the molecule is CC(O)C(Cl)N(C)CCO. The lowest BCUT2D eigenvalue weighted by Crippen LogP contribution is -2.37. The Kier molecular flexibility index (Phi) is 4.99. The van der Waals surface area contributed by atoms with Gasteiger partial charge in [0.25, 0.3) is 0 Å². The molecule has 0 heterocycles. The van der Waals surface area contributed by atoms with E-state index in [9.17, 15) is 0 Å². The predicted molar refractivity (Wildman–Crippen MR) is 41.0 cm³/mol. The molecule has 0 aliphatic heterocycles. The van der Waals surface area contributed by atoms with Crippen LogP contribution in [0.15, 0.2) is 0 Å². The Labute approximate surface area is 66.2 Å². The molecule has 10 heavy (non-hydrogen) atoms. The van der Waals surface area contributed by atoms with E-state index in [-0.39, 0.29) is 6.61 Å². The second-order valence-corrected chi connectivity index (χ2v) is 2.76. The molecule has 0 radical (unpaired) electrons. The first kappa shape index (κ1) is 10.2. The number of hydrogen-bond donors (Lipinski definition) is 2. The lowest BCUT2D eigenvalue weighted by atomic mass is 10.4. The third-order valence-corrected chi connectivity index (χ3v) is 1.97. The summed E-state index contributed by atoms with van der Waals surface area (Å²) in [5.74, 6) is 0. The zero-order valence-electron chi connectivity index (χ0n) is 6.29. The van der Waals surface area contributed by atoms with Crippen molar-refractivity contribution >= 4 is 11.6 Å². The van der Waals surface area contributed by atoms with Crippen molar-refractivity contribution in [1.29, 1.82) is 0 Å². The average Bonchev–Trinajstić information content (AvgIpc) is 1.87. The summed E-state index contributed by atoms with van der Waals surface area (Å²) in [6.45, 7) is 2.16. The van der Waals surface area contributed by atoms with Crippen LogP contribution in [-0.2, 0) is 0 Å². The van der Waals surface area contributed by atoms with Gasteiger partial charge in [0.15, 0.2) is 0 Å². The van der Waals surface area contributed by atoms with Gasteiger partial charge in [0.2, 0.25) is 0 Å². The van der Waals surface area contributed by atoms with E-state index in [0.717, 1.165) is 0 Å². The molecule has 0 aromatic heterocycles. The van der Waals surface area contributed by atoms with Crippen LogP contribution in [-0.4, -0.2) is 46.9 Å². The molecule has 0 saturated carbocycles. The Balaban J connectivity index is 3.58. The molecule has 0 bridgehead atoms. The molecule has 3 nitrogen and oxygen atoms in total. The van der Waals surface area contributed by atoms with Gasteiger partial charge in [-0.1, -0.05) is 0 Å². The van der Waals surface area contributed by atoms with E-state index in [1.807, 2.05) is 0 Å². The topological polar surface area (TPSA) is 43.7 Å². The van der Waals surface area contributed by atoms with E-state index in [1.165, 1.54) is 0 Å². The fourth-order valence-electron chi connectivity index (χ4n) is 0.649. The molecule has 2 unspecified atom stereocenters. The summed E-state index contributed by atoms with van der Waals surface area (Å²) in [6, 6.07) is 0. The monoisotopic (exact) mass is 167 g/mol. The Morgan fingerprint density at radius 1 is 1.60 bits per heavy atom. The van der Waals surface area contributed by atoms with Crippen molar-refractivity contribution in [2.75, 3.05) is 20.2 Å². The third-order valence-electron chi connectivity index (χ3n) is 1.27. The van der Waals surface area contributed by atoms with E-state index >= 15 is 0 Å². The largest absolute Gasteiger partial charge is 0.395 e. The summed E-state index contributed by atoms with van der Waals surface area (Å²) in [5, 5.41) is 17.4. The van der Waals surface area contributed by atoms with Gasteiger partial charge in [-0.25, -0.2) is 0 Å². The van der Waals surface area contributed by atoms with Gasteiger partial charge in [0.1, 0.15) is 5.50 Å². The predicted octanol–water partition coefficient (Wildman–Crippen LogP) is -0.144. The zero-order valence-corrected chi connectivity index (χ0v) is 7.04. The third kappa shape index (κ3) is 3.37. The maximum absolute atomic E-state index is 8.96. The van der Waals surface area contributed by atoms with E-state index in [4.69, 9.17) is 21.8 Å². The molecule has 2 N–H and O–H groups in total. The maximum Gasteiger partial charge on any atom is 0.111 e. The first-order valence-corrected chi connectivity index (χ1v) is 3.66. The number of aliphatic hydroxyl groups is 2. The number of nitrogens with zero attached hydrogens (tertiary/aromatic N) is 1. The molecular weight excluding hydrogens is 154 g/mol. The van der Waals surface area contributed by atoms with E-state index in [2.05, 4.69) is 0 Å². The molecule has 0 amide bonds. The highest BCUT2D eigenvalue weighted by Crippen LogP contribution is 2.05. The summed E-state index contributed by atoms with van der Waals surface area (Å²) in [7, 11) is 1.75. The van der Waals surface area contributed by atoms with Gasteiger partial charge in [0.05, 0.1) is 12.7 Å². The number of aliphatic hydroxyl groups excluding tert-OH is 2. The molecule has 62 valence electrons. The molecule has 0 aromatic carbocycles. The standard InChI is InChI=1S/C6H14ClNO2/c1-5(10)6(7)8(2)3-4-9/h5-6,9-10H,3-4H2,1-2H3. The van der Waals surface area contributed by atoms with Gasteiger partial charge in [-0.2, -0.15) is 0 Å². The van der Waals surface area contributed by atoms with Crippen LogP contribution in [0.1, 0.15) is 6.92 Å². The summed E-state index contributed by atoms with van der Waals surface area (Å²) in [5.41, 5.74) is -0.410. The Morgan fingerprint density at radius 3 is 2.40 bits per heavy atom. The molecule has 0 aliphatic carbocycles.